The highest BCUT2D eigenvalue weighted by Gasteiger charge is 2.58. The number of likely N-dealkylation sites (tertiary alicyclic amines) is 1. The largest absolute Gasteiger partial charge is 0.324 e. The van der Waals surface area contributed by atoms with Gasteiger partial charge in [0.25, 0.3) is 0 Å². The van der Waals surface area contributed by atoms with Crippen LogP contribution in [-0.4, -0.2) is 28.7 Å². The van der Waals surface area contributed by atoms with Crippen LogP contribution in [0.25, 0.3) is 0 Å². The lowest BCUT2D eigenvalue weighted by molar-refractivity contribution is -0.146. The van der Waals surface area contributed by atoms with Crippen LogP contribution in [0.4, 0.5) is 5.69 Å². The molecule has 3 amide bonds. The number of aryl methyl sites for hydroxylation is 2. The fourth-order valence-electron chi connectivity index (χ4n) is 4.79. The Bertz CT molecular complexity index is 797. The van der Waals surface area contributed by atoms with Gasteiger partial charge in [-0.1, -0.05) is 29.8 Å². The summed E-state index contributed by atoms with van der Waals surface area (Å²) >= 11 is 0. The lowest BCUT2D eigenvalue weighted by Crippen LogP contribution is -2.46. The van der Waals surface area contributed by atoms with E-state index in [1.807, 2.05) is 32.0 Å². The Kier molecular flexibility index (Phi) is 3.98. The zero-order chi connectivity index (χ0) is 18.6. The molecule has 1 N–H and O–H groups in total. The quantitative estimate of drug-likeness (QED) is 0.672. The van der Waals surface area contributed by atoms with Gasteiger partial charge in [0.1, 0.15) is 6.04 Å². The van der Waals surface area contributed by atoms with E-state index in [-0.39, 0.29) is 41.4 Å². The standard InChI is InChI=1S/C21H24N2O3/c1-11-4-9-16(12(2)10-11)22-19(24)13(3)23-20(25)17-14-5-6-15(8-7-14)18(17)21(23)26/h4-6,9-10,13-15,17-18H,7-8H2,1-3H3,(H,22,24). The van der Waals surface area contributed by atoms with Gasteiger partial charge in [0.15, 0.2) is 0 Å². The third kappa shape index (κ3) is 2.49. The van der Waals surface area contributed by atoms with Gasteiger partial charge in [-0.2, -0.15) is 0 Å². The van der Waals surface area contributed by atoms with Crippen LogP contribution in [-0.2, 0) is 14.4 Å². The van der Waals surface area contributed by atoms with Gasteiger partial charge in [-0.25, -0.2) is 0 Å². The number of hydrogen-bond donors (Lipinski definition) is 1. The summed E-state index contributed by atoms with van der Waals surface area (Å²) in [6, 6.07) is 4.97. The summed E-state index contributed by atoms with van der Waals surface area (Å²) in [5.74, 6) is -0.949. The van der Waals surface area contributed by atoms with Crippen LogP contribution < -0.4 is 5.32 Å². The molecule has 2 fully saturated rings. The van der Waals surface area contributed by atoms with E-state index in [1.165, 1.54) is 4.90 Å². The van der Waals surface area contributed by atoms with Crippen LogP contribution in [0, 0.1) is 37.5 Å². The second-order valence-corrected chi connectivity index (χ2v) is 7.87. The second kappa shape index (κ2) is 6.08. The number of benzene rings is 1. The van der Waals surface area contributed by atoms with Crippen LogP contribution in [0.2, 0.25) is 0 Å². The smallest absolute Gasteiger partial charge is 0.247 e. The molecule has 5 atom stereocenters. The van der Waals surface area contributed by atoms with E-state index in [0.717, 1.165) is 24.0 Å². The van der Waals surface area contributed by atoms with Crippen molar-refractivity contribution in [1.29, 1.82) is 0 Å². The molecule has 26 heavy (non-hydrogen) atoms. The predicted molar refractivity (Wildman–Crippen MR) is 98.2 cm³/mol. The van der Waals surface area contributed by atoms with E-state index < -0.39 is 6.04 Å². The lowest BCUT2D eigenvalue weighted by atomic mass is 9.63. The van der Waals surface area contributed by atoms with Gasteiger partial charge >= 0.3 is 0 Å². The van der Waals surface area contributed by atoms with Gasteiger partial charge < -0.3 is 5.32 Å². The molecule has 5 heteroatoms. The molecule has 1 aliphatic heterocycles. The monoisotopic (exact) mass is 352 g/mol. The minimum absolute atomic E-state index is 0.140. The SMILES string of the molecule is Cc1ccc(NC(=O)C(C)N2C(=O)C3C4C=CC(CC4)C3C2=O)c(C)c1. The molecular formula is C21H24N2O3. The van der Waals surface area contributed by atoms with E-state index in [2.05, 4.69) is 17.5 Å². The highest BCUT2D eigenvalue weighted by atomic mass is 16.2. The number of imide groups is 1. The van der Waals surface area contributed by atoms with Crippen molar-refractivity contribution in [3.8, 4) is 0 Å². The number of rotatable bonds is 3. The third-order valence-corrected chi connectivity index (χ3v) is 6.20. The Morgan fingerprint density at radius 3 is 2.15 bits per heavy atom. The number of anilines is 1. The maximum Gasteiger partial charge on any atom is 0.247 e. The summed E-state index contributed by atoms with van der Waals surface area (Å²) in [6.07, 6.45) is 6.09. The van der Waals surface area contributed by atoms with Gasteiger partial charge in [0.05, 0.1) is 11.8 Å². The van der Waals surface area contributed by atoms with Crippen molar-refractivity contribution in [2.75, 3.05) is 5.32 Å². The molecular weight excluding hydrogens is 328 g/mol. The molecule has 4 aliphatic rings. The number of amides is 3. The zero-order valence-electron chi connectivity index (χ0n) is 15.4. The predicted octanol–water partition coefficient (Wildman–Crippen LogP) is 2.83. The van der Waals surface area contributed by atoms with Crippen molar-refractivity contribution < 1.29 is 14.4 Å². The van der Waals surface area contributed by atoms with E-state index >= 15 is 0 Å². The normalized spacial score (nSPS) is 30.5. The number of allylic oxidation sites excluding steroid dienone is 2. The van der Waals surface area contributed by atoms with E-state index in [1.54, 1.807) is 6.92 Å². The molecule has 0 aromatic heterocycles. The summed E-state index contributed by atoms with van der Waals surface area (Å²) in [6.45, 7) is 5.56. The number of nitrogens with one attached hydrogen (secondary N) is 1. The first kappa shape index (κ1) is 17.0. The highest BCUT2D eigenvalue weighted by Crippen LogP contribution is 2.49. The molecule has 1 heterocycles. The first-order valence-corrected chi connectivity index (χ1v) is 9.32. The Morgan fingerprint density at radius 1 is 1.08 bits per heavy atom. The molecule has 5 rings (SSSR count). The summed E-state index contributed by atoms with van der Waals surface area (Å²) in [4.78, 5) is 39.8. The van der Waals surface area contributed by atoms with Crippen molar-refractivity contribution in [3.63, 3.8) is 0 Å². The maximum absolute atomic E-state index is 12.9. The van der Waals surface area contributed by atoms with Crippen molar-refractivity contribution in [2.45, 2.75) is 39.7 Å². The fourth-order valence-corrected chi connectivity index (χ4v) is 4.79. The molecule has 0 spiro atoms. The van der Waals surface area contributed by atoms with Crippen molar-refractivity contribution >= 4 is 23.4 Å². The minimum atomic E-state index is -0.805. The molecule has 3 aliphatic carbocycles. The Morgan fingerprint density at radius 2 is 1.65 bits per heavy atom. The van der Waals surface area contributed by atoms with E-state index in [4.69, 9.17) is 0 Å². The molecule has 1 aromatic carbocycles. The number of fused-ring (bicyclic) bond motifs is 1. The van der Waals surface area contributed by atoms with Crippen molar-refractivity contribution in [1.82, 2.24) is 4.90 Å². The van der Waals surface area contributed by atoms with Crippen LogP contribution in [0.5, 0.6) is 0 Å². The highest BCUT2D eigenvalue weighted by molar-refractivity contribution is 6.10. The molecule has 1 saturated heterocycles. The Labute approximate surface area is 153 Å². The maximum atomic E-state index is 12.9. The van der Waals surface area contributed by atoms with Crippen molar-refractivity contribution in [2.24, 2.45) is 23.7 Å². The number of carbonyl (C=O) groups is 3. The van der Waals surface area contributed by atoms with Crippen LogP contribution in [0.1, 0.15) is 30.9 Å². The van der Waals surface area contributed by atoms with E-state index in [9.17, 15) is 14.4 Å². The average molecular weight is 352 g/mol. The Hall–Kier alpha value is -2.43. The summed E-state index contributed by atoms with van der Waals surface area (Å²) in [5.41, 5.74) is 2.79. The summed E-state index contributed by atoms with van der Waals surface area (Å²) < 4.78 is 0. The summed E-state index contributed by atoms with van der Waals surface area (Å²) in [7, 11) is 0. The zero-order valence-corrected chi connectivity index (χ0v) is 15.4. The number of hydrogen-bond acceptors (Lipinski definition) is 3. The van der Waals surface area contributed by atoms with Gasteiger partial charge in [-0.15, -0.1) is 0 Å². The molecule has 2 bridgehead atoms. The van der Waals surface area contributed by atoms with E-state index in [0.29, 0.717) is 5.69 Å². The van der Waals surface area contributed by atoms with Gasteiger partial charge in [-0.05, 0) is 57.1 Å². The van der Waals surface area contributed by atoms with Gasteiger partial charge in [0.2, 0.25) is 17.7 Å². The number of carbonyl (C=O) groups excluding carboxylic acids is 3. The third-order valence-electron chi connectivity index (χ3n) is 6.20. The second-order valence-electron chi connectivity index (χ2n) is 7.87. The fraction of sp³-hybridized carbons (Fsp3) is 0.476. The van der Waals surface area contributed by atoms with Crippen LogP contribution >= 0.6 is 0 Å². The first-order valence-electron chi connectivity index (χ1n) is 9.32. The molecule has 0 radical (unpaired) electrons. The lowest BCUT2D eigenvalue weighted by Gasteiger charge is -2.38. The Balaban J connectivity index is 1.54. The molecule has 1 aromatic rings. The molecule has 136 valence electrons. The van der Waals surface area contributed by atoms with Crippen LogP contribution in [0.3, 0.4) is 0 Å². The van der Waals surface area contributed by atoms with Crippen molar-refractivity contribution in [3.05, 3.63) is 41.5 Å². The van der Waals surface area contributed by atoms with Gasteiger partial charge in [-0.3, -0.25) is 19.3 Å². The molecule has 5 unspecified atom stereocenters. The molecule has 5 nitrogen and oxygen atoms in total. The number of nitrogens with zero attached hydrogens (tertiary/aromatic N) is 1. The summed E-state index contributed by atoms with van der Waals surface area (Å²) in [5, 5.41) is 2.87. The first-order chi connectivity index (χ1) is 12.4. The topological polar surface area (TPSA) is 66.5 Å². The molecule has 1 saturated carbocycles. The average Bonchev–Trinajstić information content (AvgIpc) is 2.91. The minimum Gasteiger partial charge on any atom is -0.324 e. The van der Waals surface area contributed by atoms with Crippen LogP contribution in [0.15, 0.2) is 30.4 Å². The van der Waals surface area contributed by atoms with Gasteiger partial charge in [0, 0.05) is 5.69 Å².